The van der Waals surface area contributed by atoms with Crippen molar-refractivity contribution < 1.29 is 4.79 Å². The average Bonchev–Trinajstić information content (AvgIpc) is 3.15. The Morgan fingerprint density at radius 1 is 1.58 bits per heavy atom. The number of thiazole rings is 1. The van der Waals surface area contributed by atoms with Gasteiger partial charge in [0.15, 0.2) is 5.96 Å². The van der Waals surface area contributed by atoms with Crippen LogP contribution in [0.1, 0.15) is 36.9 Å². The maximum Gasteiger partial charge on any atom is 0.220 e. The molecule has 1 unspecified atom stereocenters. The molecule has 3 rings (SSSR count). The number of carbonyl (C=O) groups is 1. The molecule has 0 aromatic carbocycles. The van der Waals surface area contributed by atoms with Crippen molar-refractivity contribution in [2.45, 2.75) is 39.2 Å². The molecular weight excluding hydrogens is 437 g/mol. The molecule has 2 aliphatic heterocycles. The first-order chi connectivity index (χ1) is 11.1. The number of aromatic nitrogens is 1. The van der Waals surface area contributed by atoms with Crippen molar-refractivity contribution in [2.75, 3.05) is 26.7 Å². The highest BCUT2D eigenvalue weighted by Crippen LogP contribution is 2.35. The van der Waals surface area contributed by atoms with Crippen LogP contribution >= 0.6 is 35.3 Å². The summed E-state index contributed by atoms with van der Waals surface area (Å²) >= 11 is 1.71. The van der Waals surface area contributed by atoms with Crippen LogP contribution in [0.4, 0.5) is 0 Å². The zero-order chi connectivity index (χ0) is 16.3. The molecule has 0 bridgehead atoms. The Labute approximate surface area is 164 Å². The summed E-state index contributed by atoms with van der Waals surface area (Å²) in [4.78, 5) is 22.9. The Balaban J connectivity index is 0.00000208. The Morgan fingerprint density at radius 2 is 2.42 bits per heavy atom. The number of hydrogen-bond acceptors (Lipinski definition) is 4. The van der Waals surface area contributed by atoms with Crippen LogP contribution in [0.5, 0.6) is 0 Å². The van der Waals surface area contributed by atoms with E-state index in [0.29, 0.717) is 13.0 Å². The summed E-state index contributed by atoms with van der Waals surface area (Å²) in [6.07, 6.45) is 3.85. The number of guanidine groups is 1. The van der Waals surface area contributed by atoms with Crippen molar-refractivity contribution in [3.05, 3.63) is 16.1 Å². The van der Waals surface area contributed by atoms with Gasteiger partial charge in [0.05, 0.1) is 17.2 Å². The summed E-state index contributed by atoms with van der Waals surface area (Å²) in [5.74, 6) is 1.10. The van der Waals surface area contributed by atoms with Crippen LogP contribution in [0.25, 0.3) is 0 Å². The fraction of sp³-hybridized carbons (Fsp3) is 0.688. The minimum atomic E-state index is 0. The molecule has 2 saturated heterocycles. The van der Waals surface area contributed by atoms with Crippen molar-refractivity contribution in [3.8, 4) is 0 Å². The Hall–Kier alpha value is -0.900. The molecular formula is C16H26IN5OS. The number of amides is 1. The highest BCUT2D eigenvalue weighted by Gasteiger charge is 2.42. The van der Waals surface area contributed by atoms with Crippen LogP contribution in [-0.2, 0) is 17.8 Å². The van der Waals surface area contributed by atoms with E-state index < -0.39 is 0 Å². The molecule has 6 nitrogen and oxygen atoms in total. The number of likely N-dealkylation sites (tertiary alicyclic amines) is 1. The molecule has 0 radical (unpaired) electrons. The third kappa shape index (κ3) is 4.38. The fourth-order valence-electron chi connectivity index (χ4n) is 3.52. The second-order valence-corrected chi connectivity index (χ2v) is 7.41. The number of piperidine rings is 1. The van der Waals surface area contributed by atoms with E-state index in [0.717, 1.165) is 50.6 Å². The molecule has 24 heavy (non-hydrogen) atoms. The molecule has 1 amide bonds. The lowest BCUT2D eigenvalue weighted by atomic mass is 9.79. The number of rotatable bonds is 3. The molecule has 2 aliphatic rings. The molecule has 0 saturated carbocycles. The van der Waals surface area contributed by atoms with Gasteiger partial charge in [-0.15, -0.1) is 35.3 Å². The summed E-state index contributed by atoms with van der Waals surface area (Å²) < 4.78 is 0. The maximum atomic E-state index is 11.6. The number of nitrogens with zero attached hydrogens (tertiary/aromatic N) is 3. The van der Waals surface area contributed by atoms with Gasteiger partial charge in [-0.05, 0) is 19.3 Å². The molecule has 8 heteroatoms. The van der Waals surface area contributed by atoms with E-state index in [1.54, 1.807) is 11.3 Å². The summed E-state index contributed by atoms with van der Waals surface area (Å²) in [5, 5.41) is 9.69. The normalized spacial score (nSPS) is 24.0. The van der Waals surface area contributed by atoms with Gasteiger partial charge in [-0.2, -0.15) is 0 Å². The van der Waals surface area contributed by atoms with Crippen LogP contribution in [0.3, 0.4) is 0 Å². The second kappa shape index (κ2) is 8.46. The summed E-state index contributed by atoms with van der Waals surface area (Å²) in [6, 6.07) is 0. The molecule has 0 aliphatic carbocycles. The van der Waals surface area contributed by atoms with Crippen molar-refractivity contribution in [1.82, 2.24) is 20.5 Å². The van der Waals surface area contributed by atoms with Gasteiger partial charge in [-0.25, -0.2) is 4.98 Å². The summed E-state index contributed by atoms with van der Waals surface area (Å²) in [7, 11) is 1.82. The first-order valence-electron chi connectivity index (χ1n) is 8.30. The third-order valence-corrected chi connectivity index (χ3v) is 5.74. The Morgan fingerprint density at radius 3 is 3.04 bits per heavy atom. The van der Waals surface area contributed by atoms with E-state index >= 15 is 0 Å². The molecule has 2 N–H and O–H groups in total. The summed E-state index contributed by atoms with van der Waals surface area (Å²) in [5.41, 5.74) is 1.15. The Kier molecular flexibility index (Phi) is 6.85. The number of carbonyl (C=O) groups excluding carboxylic acids is 1. The van der Waals surface area contributed by atoms with Crippen LogP contribution in [0, 0.1) is 5.41 Å². The Bertz CT molecular complexity index is 605. The van der Waals surface area contributed by atoms with Crippen LogP contribution in [0.2, 0.25) is 0 Å². The van der Waals surface area contributed by atoms with Crippen molar-refractivity contribution in [1.29, 1.82) is 0 Å². The van der Waals surface area contributed by atoms with Gasteiger partial charge in [0, 0.05) is 43.9 Å². The smallest absolute Gasteiger partial charge is 0.220 e. The average molecular weight is 463 g/mol. The molecule has 3 heterocycles. The number of aliphatic imine (C=N–C) groups is 1. The molecule has 1 aromatic rings. The highest BCUT2D eigenvalue weighted by atomic mass is 127. The highest BCUT2D eigenvalue weighted by molar-refractivity contribution is 14.0. The lowest BCUT2D eigenvalue weighted by molar-refractivity contribution is -0.119. The number of aryl methyl sites for hydroxylation is 1. The van der Waals surface area contributed by atoms with E-state index in [1.165, 1.54) is 5.01 Å². The van der Waals surface area contributed by atoms with Gasteiger partial charge < -0.3 is 15.5 Å². The SMILES string of the molecule is CCc1nc(CNC(=NC)N2CCCC3(CNC(=O)C3)C2)cs1.I. The van der Waals surface area contributed by atoms with Crippen molar-refractivity contribution in [3.63, 3.8) is 0 Å². The monoisotopic (exact) mass is 463 g/mol. The standard InChI is InChI=1S/C16H25N5OS.HI/c1-3-14-20-12(9-23-14)8-18-15(17-2)21-6-4-5-16(11-21)7-13(22)19-10-16;/h9H,3-8,10-11H2,1-2H3,(H,17,18)(H,19,22);1H. The molecule has 134 valence electrons. The first kappa shape index (κ1) is 19.4. The van der Waals surface area contributed by atoms with Gasteiger partial charge in [0.2, 0.25) is 5.91 Å². The number of hydrogen-bond donors (Lipinski definition) is 2. The van der Waals surface area contributed by atoms with Gasteiger partial charge >= 0.3 is 0 Å². The predicted molar refractivity (Wildman–Crippen MR) is 108 cm³/mol. The van der Waals surface area contributed by atoms with Crippen LogP contribution in [-0.4, -0.2) is 48.4 Å². The quantitative estimate of drug-likeness (QED) is 0.409. The zero-order valence-electron chi connectivity index (χ0n) is 14.3. The topological polar surface area (TPSA) is 69.6 Å². The van der Waals surface area contributed by atoms with Gasteiger partial charge in [0.25, 0.3) is 0 Å². The number of nitrogens with one attached hydrogen (secondary N) is 2. The predicted octanol–water partition coefficient (Wildman–Crippen LogP) is 2.00. The van der Waals surface area contributed by atoms with Gasteiger partial charge in [-0.3, -0.25) is 9.79 Å². The molecule has 1 spiro atoms. The zero-order valence-corrected chi connectivity index (χ0v) is 17.4. The van der Waals surface area contributed by atoms with Crippen molar-refractivity contribution >= 4 is 47.2 Å². The van der Waals surface area contributed by atoms with E-state index in [4.69, 9.17) is 0 Å². The van der Waals surface area contributed by atoms with Crippen LogP contribution < -0.4 is 10.6 Å². The van der Waals surface area contributed by atoms with Crippen LogP contribution in [0.15, 0.2) is 10.4 Å². The third-order valence-electron chi connectivity index (χ3n) is 4.70. The molecule has 1 atom stereocenters. The fourth-order valence-corrected chi connectivity index (χ4v) is 4.27. The van der Waals surface area contributed by atoms with E-state index in [9.17, 15) is 4.79 Å². The number of halogens is 1. The van der Waals surface area contributed by atoms with E-state index in [1.807, 2.05) is 7.05 Å². The minimum Gasteiger partial charge on any atom is -0.355 e. The molecule has 2 fully saturated rings. The van der Waals surface area contributed by atoms with Gasteiger partial charge in [-0.1, -0.05) is 6.92 Å². The van der Waals surface area contributed by atoms with E-state index in [-0.39, 0.29) is 35.3 Å². The second-order valence-electron chi connectivity index (χ2n) is 6.47. The van der Waals surface area contributed by atoms with Crippen molar-refractivity contribution in [2.24, 2.45) is 10.4 Å². The van der Waals surface area contributed by atoms with E-state index in [2.05, 4.69) is 37.8 Å². The first-order valence-corrected chi connectivity index (χ1v) is 9.18. The lowest BCUT2D eigenvalue weighted by Gasteiger charge is -2.40. The molecule has 1 aromatic heterocycles. The minimum absolute atomic E-state index is 0. The summed E-state index contributed by atoms with van der Waals surface area (Å²) in [6.45, 7) is 5.50. The van der Waals surface area contributed by atoms with Gasteiger partial charge in [0.1, 0.15) is 0 Å². The lowest BCUT2D eigenvalue weighted by Crippen LogP contribution is -2.51. The maximum absolute atomic E-state index is 11.6. The largest absolute Gasteiger partial charge is 0.355 e.